The second-order valence-electron chi connectivity index (χ2n) is 5.11. The van der Waals surface area contributed by atoms with E-state index < -0.39 is 0 Å². The summed E-state index contributed by atoms with van der Waals surface area (Å²) in [5.74, 6) is 0.0544. The third-order valence-electron chi connectivity index (χ3n) is 3.50. The molecule has 0 saturated carbocycles. The molecule has 2 N–H and O–H groups in total. The van der Waals surface area contributed by atoms with Crippen LogP contribution in [0.4, 0.5) is 0 Å². The molecule has 110 valence electrons. The number of ether oxygens (including phenoxy) is 1. The van der Waals surface area contributed by atoms with Crippen molar-refractivity contribution in [1.29, 1.82) is 0 Å². The van der Waals surface area contributed by atoms with E-state index in [1.165, 1.54) is 5.56 Å². The van der Waals surface area contributed by atoms with Gasteiger partial charge in [0.1, 0.15) is 0 Å². The van der Waals surface area contributed by atoms with Gasteiger partial charge in [-0.1, -0.05) is 28.1 Å². The van der Waals surface area contributed by atoms with Crippen molar-refractivity contribution >= 4 is 21.8 Å². The van der Waals surface area contributed by atoms with Gasteiger partial charge in [0, 0.05) is 29.8 Å². The standard InChI is InChI=1S/C15H21BrN2O2/c1-11(12-3-2-4-13(16)9-12)17-10-15(19)18-14-5-7-20-8-6-14/h2-4,9,11,14,17H,5-8,10H2,1H3,(H,18,19). The molecule has 0 bridgehead atoms. The maximum atomic E-state index is 11.9. The predicted octanol–water partition coefficient (Wildman–Crippen LogP) is 2.39. The van der Waals surface area contributed by atoms with Gasteiger partial charge in [0.2, 0.25) is 5.91 Å². The number of rotatable bonds is 5. The molecule has 1 amide bonds. The number of benzene rings is 1. The van der Waals surface area contributed by atoms with Crippen molar-refractivity contribution in [2.24, 2.45) is 0 Å². The van der Waals surface area contributed by atoms with Crippen molar-refractivity contribution in [1.82, 2.24) is 10.6 Å². The SMILES string of the molecule is CC(NCC(=O)NC1CCOCC1)c1cccc(Br)c1. The highest BCUT2D eigenvalue weighted by molar-refractivity contribution is 9.10. The summed E-state index contributed by atoms with van der Waals surface area (Å²) in [6, 6.07) is 8.52. The van der Waals surface area contributed by atoms with E-state index in [1.54, 1.807) is 0 Å². The summed E-state index contributed by atoms with van der Waals surface area (Å²) in [6.07, 6.45) is 1.82. The van der Waals surface area contributed by atoms with Crippen LogP contribution in [-0.4, -0.2) is 31.7 Å². The Morgan fingerprint density at radius 1 is 1.45 bits per heavy atom. The van der Waals surface area contributed by atoms with E-state index in [0.29, 0.717) is 6.54 Å². The third-order valence-corrected chi connectivity index (χ3v) is 4.00. The first-order valence-corrected chi connectivity index (χ1v) is 7.80. The van der Waals surface area contributed by atoms with E-state index in [2.05, 4.69) is 45.6 Å². The minimum atomic E-state index is 0.0544. The van der Waals surface area contributed by atoms with Gasteiger partial charge in [-0.3, -0.25) is 4.79 Å². The van der Waals surface area contributed by atoms with E-state index in [4.69, 9.17) is 4.74 Å². The van der Waals surface area contributed by atoms with Gasteiger partial charge in [-0.25, -0.2) is 0 Å². The van der Waals surface area contributed by atoms with E-state index in [-0.39, 0.29) is 18.0 Å². The first-order chi connectivity index (χ1) is 9.65. The summed E-state index contributed by atoms with van der Waals surface area (Å²) in [4.78, 5) is 11.9. The van der Waals surface area contributed by atoms with E-state index in [0.717, 1.165) is 30.5 Å². The Balaban J connectivity index is 1.75. The Morgan fingerprint density at radius 2 is 2.20 bits per heavy atom. The minimum Gasteiger partial charge on any atom is -0.381 e. The Morgan fingerprint density at radius 3 is 2.90 bits per heavy atom. The Hall–Kier alpha value is -0.910. The van der Waals surface area contributed by atoms with Crippen molar-refractivity contribution in [3.8, 4) is 0 Å². The number of carbonyl (C=O) groups is 1. The van der Waals surface area contributed by atoms with Crippen LogP contribution < -0.4 is 10.6 Å². The lowest BCUT2D eigenvalue weighted by Gasteiger charge is -2.23. The lowest BCUT2D eigenvalue weighted by Crippen LogP contribution is -2.43. The summed E-state index contributed by atoms with van der Waals surface area (Å²) in [7, 11) is 0. The number of hydrogen-bond donors (Lipinski definition) is 2. The summed E-state index contributed by atoms with van der Waals surface area (Å²) >= 11 is 3.46. The monoisotopic (exact) mass is 340 g/mol. The fourth-order valence-corrected chi connectivity index (χ4v) is 2.68. The molecule has 0 radical (unpaired) electrons. The Bertz CT molecular complexity index is 447. The molecule has 1 atom stereocenters. The molecule has 0 aliphatic carbocycles. The number of amides is 1. The zero-order valence-corrected chi connectivity index (χ0v) is 13.3. The number of carbonyl (C=O) groups excluding carboxylic acids is 1. The van der Waals surface area contributed by atoms with Crippen LogP contribution in [-0.2, 0) is 9.53 Å². The first-order valence-electron chi connectivity index (χ1n) is 7.01. The molecular weight excluding hydrogens is 320 g/mol. The second-order valence-corrected chi connectivity index (χ2v) is 6.03. The van der Waals surface area contributed by atoms with Crippen molar-refractivity contribution in [2.75, 3.05) is 19.8 Å². The summed E-state index contributed by atoms with van der Waals surface area (Å²) in [5, 5.41) is 6.30. The van der Waals surface area contributed by atoms with Crippen LogP contribution in [0.15, 0.2) is 28.7 Å². The van der Waals surface area contributed by atoms with Gasteiger partial charge in [0.15, 0.2) is 0 Å². The van der Waals surface area contributed by atoms with Gasteiger partial charge in [-0.15, -0.1) is 0 Å². The fraction of sp³-hybridized carbons (Fsp3) is 0.533. The molecule has 4 nitrogen and oxygen atoms in total. The largest absolute Gasteiger partial charge is 0.381 e. The highest BCUT2D eigenvalue weighted by Gasteiger charge is 2.16. The molecule has 1 aliphatic heterocycles. The van der Waals surface area contributed by atoms with Crippen molar-refractivity contribution in [3.05, 3.63) is 34.3 Å². The Kier molecular flexibility index (Phi) is 6.01. The highest BCUT2D eigenvalue weighted by Crippen LogP contribution is 2.17. The molecule has 1 aromatic carbocycles. The number of halogens is 1. The molecule has 1 saturated heterocycles. The zero-order valence-electron chi connectivity index (χ0n) is 11.7. The molecule has 0 spiro atoms. The third kappa shape index (κ3) is 4.89. The van der Waals surface area contributed by atoms with Gasteiger partial charge >= 0.3 is 0 Å². The maximum Gasteiger partial charge on any atom is 0.234 e. The summed E-state index contributed by atoms with van der Waals surface area (Å²) < 4.78 is 6.33. The summed E-state index contributed by atoms with van der Waals surface area (Å²) in [5.41, 5.74) is 1.17. The predicted molar refractivity (Wildman–Crippen MR) is 82.5 cm³/mol. The lowest BCUT2D eigenvalue weighted by atomic mass is 10.1. The average molecular weight is 341 g/mol. The highest BCUT2D eigenvalue weighted by atomic mass is 79.9. The number of nitrogens with one attached hydrogen (secondary N) is 2. The van der Waals surface area contributed by atoms with Crippen LogP contribution in [0.2, 0.25) is 0 Å². The van der Waals surface area contributed by atoms with Crippen LogP contribution in [0.1, 0.15) is 31.4 Å². The zero-order chi connectivity index (χ0) is 14.4. The smallest absolute Gasteiger partial charge is 0.234 e. The van der Waals surface area contributed by atoms with Crippen LogP contribution in [0.3, 0.4) is 0 Å². The van der Waals surface area contributed by atoms with Gasteiger partial charge in [0.25, 0.3) is 0 Å². The van der Waals surface area contributed by atoms with Gasteiger partial charge in [-0.2, -0.15) is 0 Å². The van der Waals surface area contributed by atoms with Crippen molar-refractivity contribution < 1.29 is 9.53 Å². The number of hydrogen-bond acceptors (Lipinski definition) is 3. The average Bonchev–Trinajstić information content (AvgIpc) is 2.46. The fourth-order valence-electron chi connectivity index (χ4n) is 2.26. The van der Waals surface area contributed by atoms with Crippen LogP contribution in [0, 0.1) is 0 Å². The van der Waals surface area contributed by atoms with E-state index in [1.807, 2.05) is 12.1 Å². The van der Waals surface area contributed by atoms with E-state index >= 15 is 0 Å². The molecule has 1 unspecified atom stereocenters. The molecule has 2 rings (SSSR count). The molecule has 1 aliphatic rings. The minimum absolute atomic E-state index is 0.0544. The van der Waals surface area contributed by atoms with Crippen molar-refractivity contribution in [3.63, 3.8) is 0 Å². The van der Waals surface area contributed by atoms with Crippen molar-refractivity contribution in [2.45, 2.75) is 31.8 Å². The van der Waals surface area contributed by atoms with Crippen LogP contribution in [0.25, 0.3) is 0 Å². The van der Waals surface area contributed by atoms with Crippen LogP contribution in [0.5, 0.6) is 0 Å². The normalized spacial score (nSPS) is 17.7. The molecule has 0 aromatic heterocycles. The molecule has 20 heavy (non-hydrogen) atoms. The molecule has 1 aromatic rings. The molecule has 1 heterocycles. The second kappa shape index (κ2) is 7.76. The van der Waals surface area contributed by atoms with Gasteiger partial charge < -0.3 is 15.4 Å². The topological polar surface area (TPSA) is 50.4 Å². The van der Waals surface area contributed by atoms with Crippen LogP contribution >= 0.6 is 15.9 Å². The van der Waals surface area contributed by atoms with Gasteiger partial charge in [0.05, 0.1) is 6.54 Å². The molecule has 1 fully saturated rings. The van der Waals surface area contributed by atoms with E-state index in [9.17, 15) is 4.79 Å². The maximum absolute atomic E-state index is 11.9. The molecule has 5 heteroatoms. The quantitative estimate of drug-likeness (QED) is 0.865. The first kappa shape index (κ1) is 15.5. The Labute approximate surface area is 128 Å². The lowest BCUT2D eigenvalue weighted by molar-refractivity contribution is -0.121. The molecular formula is C15H21BrN2O2. The van der Waals surface area contributed by atoms with Gasteiger partial charge in [-0.05, 0) is 37.5 Å². The summed E-state index contributed by atoms with van der Waals surface area (Å²) in [6.45, 7) is 3.88.